The molecule has 2 aromatic carbocycles. The summed E-state index contributed by atoms with van der Waals surface area (Å²) in [6.45, 7) is 0. The van der Waals surface area contributed by atoms with Gasteiger partial charge in [0.15, 0.2) is 0 Å². The van der Waals surface area contributed by atoms with Crippen molar-refractivity contribution in [3.8, 4) is 5.69 Å². The van der Waals surface area contributed by atoms with E-state index >= 15 is 0 Å². The van der Waals surface area contributed by atoms with Crippen LogP contribution in [0.4, 0.5) is 0 Å². The van der Waals surface area contributed by atoms with Crippen LogP contribution in [0.2, 0.25) is 0 Å². The molecule has 88 valence electrons. The third-order valence-corrected chi connectivity index (χ3v) is 3.10. The van der Waals surface area contributed by atoms with Crippen LogP contribution in [0, 0.1) is 0 Å². The Bertz CT molecular complexity index is 614. The van der Waals surface area contributed by atoms with Crippen LogP contribution in [-0.4, -0.2) is 4.57 Å². The first-order valence-electron chi connectivity index (χ1n) is 6.19. The van der Waals surface area contributed by atoms with E-state index in [-0.39, 0.29) is 1.43 Å². The summed E-state index contributed by atoms with van der Waals surface area (Å²) < 4.78 is 2.24. The Hall–Kier alpha value is -2.28. The fraction of sp³-hybridized carbons (Fsp3) is 0.0588. The van der Waals surface area contributed by atoms with Gasteiger partial charge < -0.3 is 4.57 Å². The Kier molecular flexibility index (Phi) is 2.97. The molecule has 1 aromatic heterocycles. The van der Waals surface area contributed by atoms with Crippen LogP contribution in [-0.2, 0) is 6.42 Å². The summed E-state index contributed by atoms with van der Waals surface area (Å²) in [7, 11) is 0. The highest BCUT2D eigenvalue weighted by Crippen LogP contribution is 2.15. The van der Waals surface area contributed by atoms with E-state index in [0.29, 0.717) is 0 Å². The summed E-state index contributed by atoms with van der Waals surface area (Å²) in [5.74, 6) is 0. The second kappa shape index (κ2) is 4.92. The van der Waals surface area contributed by atoms with E-state index in [1.165, 1.54) is 16.9 Å². The molecule has 0 bridgehead atoms. The lowest BCUT2D eigenvalue weighted by Gasteiger charge is -2.09. The zero-order valence-corrected chi connectivity index (χ0v) is 10.2. The van der Waals surface area contributed by atoms with E-state index in [2.05, 4.69) is 77.5 Å². The number of para-hydroxylation sites is 1. The number of hydrogen-bond donors (Lipinski definition) is 0. The first-order chi connectivity index (χ1) is 8.93. The van der Waals surface area contributed by atoms with E-state index < -0.39 is 0 Å². The summed E-state index contributed by atoms with van der Waals surface area (Å²) >= 11 is 0. The molecule has 0 N–H and O–H groups in total. The van der Waals surface area contributed by atoms with Crippen molar-refractivity contribution < 1.29 is 1.43 Å². The second-order valence-corrected chi connectivity index (χ2v) is 4.37. The van der Waals surface area contributed by atoms with Gasteiger partial charge in [-0.3, -0.25) is 0 Å². The predicted molar refractivity (Wildman–Crippen MR) is 76.1 cm³/mol. The quantitative estimate of drug-likeness (QED) is 0.640. The standard InChI is InChI=1S/C17H15N/c1-3-8-15(9-4-1)14-17-12-7-13-18(17)16-10-5-2-6-11-16/h1-13H,14H2/p+1. The van der Waals surface area contributed by atoms with Crippen LogP contribution in [0.5, 0.6) is 0 Å². The zero-order valence-electron chi connectivity index (χ0n) is 11.2. The molecule has 0 unspecified atom stereocenters. The lowest BCUT2D eigenvalue weighted by Crippen LogP contribution is -1.99. The average molecular weight is 234 g/mol. The van der Waals surface area contributed by atoms with Crippen molar-refractivity contribution in [3.05, 3.63) is 90.3 Å². The van der Waals surface area contributed by atoms with E-state index in [4.69, 9.17) is 0 Å². The normalized spacial score (nSPS) is 10.4. The van der Waals surface area contributed by atoms with E-state index in [9.17, 15) is 0 Å². The second-order valence-electron chi connectivity index (χ2n) is 4.37. The van der Waals surface area contributed by atoms with Crippen molar-refractivity contribution in [2.24, 2.45) is 0 Å². The summed E-state index contributed by atoms with van der Waals surface area (Å²) in [5, 5.41) is 0. The minimum atomic E-state index is 0. The molecule has 0 aliphatic heterocycles. The lowest BCUT2D eigenvalue weighted by atomic mass is 10.1. The van der Waals surface area contributed by atoms with Gasteiger partial charge >= 0.3 is 1.43 Å². The molecule has 3 rings (SSSR count). The molecule has 1 heterocycles. The highest BCUT2D eigenvalue weighted by atomic mass is 15.0. The molecule has 1 nitrogen and oxygen atoms in total. The fourth-order valence-corrected chi connectivity index (χ4v) is 2.21. The number of hydrogen-bond acceptors (Lipinski definition) is 0. The average Bonchev–Trinajstić information content (AvgIpc) is 2.89. The van der Waals surface area contributed by atoms with Crippen LogP contribution >= 0.6 is 0 Å². The van der Waals surface area contributed by atoms with E-state index in [1.54, 1.807) is 0 Å². The summed E-state index contributed by atoms with van der Waals surface area (Å²) in [6, 6.07) is 25.3. The van der Waals surface area contributed by atoms with Crippen LogP contribution in [0.25, 0.3) is 5.69 Å². The summed E-state index contributed by atoms with van der Waals surface area (Å²) in [5.41, 5.74) is 3.87. The topological polar surface area (TPSA) is 4.93 Å². The third-order valence-electron chi connectivity index (χ3n) is 3.10. The monoisotopic (exact) mass is 234 g/mol. The van der Waals surface area contributed by atoms with Gasteiger partial charge in [-0.25, -0.2) is 0 Å². The predicted octanol–water partition coefficient (Wildman–Crippen LogP) is 4.18. The van der Waals surface area contributed by atoms with Gasteiger partial charge in [-0.2, -0.15) is 0 Å². The molecule has 0 saturated carbocycles. The van der Waals surface area contributed by atoms with E-state index in [1.807, 2.05) is 6.07 Å². The lowest BCUT2D eigenvalue weighted by molar-refractivity contribution is 0.959. The fourth-order valence-electron chi connectivity index (χ4n) is 2.21. The van der Waals surface area contributed by atoms with Gasteiger partial charge in [0.1, 0.15) is 0 Å². The number of nitrogens with zero attached hydrogens (tertiary/aromatic N) is 1. The van der Waals surface area contributed by atoms with Gasteiger partial charge in [-0.15, -0.1) is 0 Å². The van der Waals surface area contributed by atoms with Crippen molar-refractivity contribution in [1.82, 2.24) is 4.57 Å². The zero-order chi connectivity index (χ0) is 12.2. The maximum atomic E-state index is 2.24. The van der Waals surface area contributed by atoms with Crippen molar-refractivity contribution in [2.45, 2.75) is 6.42 Å². The SMILES string of the molecule is [H+].c1ccc(Cc2cccn2-c2ccccc2)cc1. The van der Waals surface area contributed by atoms with Crippen molar-refractivity contribution in [2.75, 3.05) is 0 Å². The third kappa shape index (κ3) is 2.21. The largest absolute Gasteiger partial charge is 1.00 e. The van der Waals surface area contributed by atoms with Crippen LogP contribution in [0.1, 0.15) is 12.7 Å². The molecule has 0 atom stereocenters. The van der Waals surface area contributed by atoms with Crippen LogP contribution < -0.4 is 0 Å². The highest BCUT2D eigenvalue weighted by molar-refractivity contribution is 5.36. The van der Waals surface area contributed by atoms with Crippen LogP contribution in [0.3, 0.4) is 0 Å². The molecule has 0 amide bonds. The number of rotatable bonds is 3. The molecular formula is C17H16N+. The first kappa shape index (κ1) is 10.8. The van der Waals surface area contributed by atoms with Gasteiger partial charge in [0, 0.05) is 24.0 Å². The maximum Gasteiger partial charge on any atom is 1.00 e. The minimum Gasteiger partial charge on any atom is -0.321 e. The molecular weight excluding hydrogens is 218 g/mol. The Balaban J connectivity index is 0.00000133. The van der Waals surface area contributed by atoms with Crippen molar-refractivity contribution in [3.63, 3.8) is 0 Å². The first-order valence-corrected chi connectivity index (χ1v) is 6.19. The number of aromatic nitrogens is 1. The number of benzene rings is 2. The smallest absolute Gasteiger partial charge is 0.321 e. The Labute approximate surface area is 109 Å². The molecule has 0 spiro atoms. The van der Waals surface area contributed by atoms with Gasteiger partial charge in [-0.05, 0) is 29.8 Å². The van der Waals surface area contributed by atoms with Crippen molar-refractivity contribution >= 4 is 0 Å². The molecule has 0 radical (unpaired) electrons. The molecule has 18 heavy (non-hydrogen) atoms. The van der Waals surface area contributed by atoms with Crippen molar-refractivity contribution in [1.29, 1.82) is 0 Å². The molecule has 0 aliphatic rings. The summed E-state index contributed by atoms with van der Waals surface area (Å²) in [4.78, 5) is 0. The Morgan fingerprint density at radius 3 is 2.11 bits per heavy atom. The Morgan fingerprint density at radius 2 is 1.39 bits per heavy atom. The highest BCUT2D eigenvalue weighted by Gasteiger charge is 2.03. The molecule has 0 aliphatic carbocycles. The van der Waals surface area contributed by atoms with Gasteiger partial charge in [0.25, 0.3) is 0 Å². The molecule has 1 heteroatoms. The Morgan fingerprint density at radius 1 is 0.722 bits per heavy atom. The molecule has 3 aromatic rings. The van der Waals surface area contributed by atoms with Gasteiger partial charge in [0.05, 0.1) is 0 Å². The van der Waals surface area contributed by atoms with Gasteiger partial charge in [0.2, 0.25) is 0 Å². The van der Waals surface area contributed by atoms with E-state index in [0.717, 1.165) is 6.42 Å². The van der Waals surface area contributed by atoms with Crippen LogP contribution in [0.15, 0.2) is 79.0 Å². The maximum absolute atomic E-state index is 2.24. The minimum absolute atomic E-state index is 0. The summed E-state index contributed by atoms with van der Waals surface area (Å²) in [6.07, 6.45) is 3.08. The molecule has 0 saturated heterocycles. The van der Waals surface area contributed by atoms with Gasteiger partial charge in [-0.1, -0.05) is 48.5 Å². The molecule has 0 fully saturated rings.